The van der Waals surface area contributed by atoms with E-state index in [1.165, 1.54) is 25.7 Å². The Morgan fingerprint density at radius 3 is 2.81 bits per heavy atom. The second kappa shape index (κ2) is 6.32. The number of Topliss-reactive ketones (excluding diaryl/α,β-unsaturated/α-hetero) is 1. The zero-order chi connectivity index (χ0) is 14.8. The number of halogens is 2. The largest absolute Gasteiger partial charge is 0.294 e. The van der Waals surface area contributed by atoms with E-state index in [4.69, 9.17) is 11.6 Å². The van der Waals surface area contributed by atoms with Gasteiger partial charge < -0.3 is 0 Å². The fourth-order valence-electron chi connectivity index (χ4n) is 2.82. The summed E-state index contributed by atoms with van der Waals surface area (Å²) in [6.07, 6.45) is 7.25. The van der Waals surface area contributed by atoms with Gasteiger partial charge in [-0.25, -0.2) is 0 Å². The highest BCUT2D eigenvalue weighted by Crippen LogP contribution is 2.29. The first kappa shape index (κ1) is 14.8. The van der Waals surface area contributed by atoms with Crippen molar-refractivity contribution in [2.45, 2.75) is 38.1 Å². The van der Waals surface area contributed by atoms with Crippen LogP contribution >= 0.6 is 27.5 Å². The second-order valence-electron chi connectivity index (χ2n) is 5.45. The van der Waals surface area contributed by atoms with E-state index >= 15 is 0 Å². The van der Waals surface area contributed by atoms with Crippen LogP contribution in [0.5, 0.6) is 0 Å². The van der Waals surface area contributed by atoms with Crippen molar-refractivity contribution in [2.75, 3.05) is 0 Å². The number of ketones is 1. The maximum Gasteiger partial charge on any atom is 0.170 e. The van der Waals surface area contributed by atoms with Gasteiger partial charge in [-0.2, -0.15) is 5.10 Å². The van der Waals surface area contributed by atoms with Gasteiger partial charge in [-0.3, -0.25) is 9.48 Å². The van der Waals surface area contributed by atoms with Gasteiger partial charge in [-0.15, -0.1) is 0 Å². The van der Waals surface area contributed by atoms with Gasteiger partial charge in [-0.05, 0) is 53.0 Å². The predicted octanol–water partition coefficient (Wildman–Crippen LogP) is 4.84. The molecule has 0 bridgehead atoms. The Kier molecular flexibility index (Phi) is 4.45. The molecular weight excluding hydrogens is 352 g/mol. The molecular formula is C16H16BrClN2O. The van der Waals surface area contributed by atoms with E-state index in [0.717, 1.165) is 10.2 Å². The first-order valence-corrected chi connectivity index (χ1v) is 8.33. The molecule has 0 spiro atoms. The molecule has 3 rings (SSSR count). The van der Waals surface area contributed by atoms with Gasteiger partial charge in [0.25, 0.3) is 0 Å². The van der Waals surface area contributed by atoms with Gasteiger partial charge in [0.2, 0.25) is 0 Å². The van der Waals surface area contributed by atoms with E-state index in [0.29, 0.717) is 23.0 Å². The molecule has 0 radical (unpaired) electrons. The summed E-state index contributed by atoms with van der Waals surface area (Å²) in [7, 11) is 0. The standard InChI is InChI=1S/C16H16BrClN2O/c17-15-9-11(18)5-6-14(15)16(21)10-12-7-8-20(19-12)13-3-1-2-4-13/h5-9,13H,1-4,10H2. The molecule has 1 saturated carbocycles. The lowest BCUT2D eigenvalue weighted by Crippen LogP contribution is -2.08. The molecule has 0 amide bonds. The Morgan fingerprint density at radius 1 is 1.33 bits per heavy atom. The molecule has 2 aromatic rings. The van der Waals surface area contributed by atoms with Crippen LogP contribution < -0.4 is 0 Å². The van der Waals surface area contributed by atoms with Crippen LogP contribution in [0.4, 0.5) is 0 Å². The minimum absolute atomic E-state index is 0.0511. The molecule has 0 N–H and O–H groups in total. The quantitative estimate of drug-likeness (QED) is 0.725. The number of aromatic nitrogens is 2. The second-order valence-corrected chi connectivity index (χ2v) is 6.74. The summed E-state index contributed by atoms with van der Waals surface area (Å²) in [5.41, 5.74) is 1.48. The SMILES string of the molecule is O=C(Cc1ccn(C2CCCC2)n1)c1ccc(Cl)cc1Br. The number of nitrogens with zero attached hydrogens (tertiary/aromatic N) is 2. The summed E-state index contributed by atoms with van der Waals surface area (Å²) >= 11 is 9.29. The van der Waals surface area contributed by atoms with Crippen molar-refractivity contribution in [1.29, 1.82) is 0 Å². The lowest BCUT2D eigenvalue weighted by atomic mass is 10.1. The average Bonchev–Trinajstić information content (AvgIpc) is 3.08. The van der Waals surface area contributed by atoms with Gasteiger partial charge in [0.05, 0.1) is 18.2 Å². The highest BCUT2D eigenvalue weighted by molar-refractivity contribution is 9.10. The molecule has 0 unspecified atom stereocenters. The van der Waals surface area contributed by atoms with Crippen molar-refractivity contribution in [3.63, 3.8) is 0 Å². The van der Waals surface area contributed by atoms with Crippen LogP contribution in [-0.2, 0) is 6.42 Å². The Hall–Kier alpha value is -1.13. The molecule has 110 valence electrons. The predicted molar refractivity (Wildman–Crippen MR) is 86.9 cm³/mol. The summed E-state index contributed by atoms with van der Waals surface area (Å²) in [5, 5.41) is 5.17. The molecule has 1 fully saturated rings. The third-order valence-electron chi connectivity index (χ3n) is 3.94. The lowest BCUT2D eigenvalue weighted by Gasteiger charge is -2.08. The van der Waals surface area contributed by atoms with E-state index < -0.39 is 0 Å². The van der Waals surface area contributed by atoms with Crippen LogP contribution in [0.3, 0.4) is 0 Å². The van der Waals surface area contributed by atoms with Crippen LogP contribution in [0, 0.1) is 0 Å². The minimum atomic E-state index is 0.0511. The maximum atomic E-state index is 12.4. The summed E-state index contributed by atoms with van der Waals surface area (Å²) < 4.78 is 2.75. The van der Waals surface area contributed by atoms with Crippen LogP contribution in [-0.4, -0.2) is 15.6 Å². The molecule has 21 heavy (non-hydrogen) atoms. The first-order valence-electron chi connectivity index (χ1n) is 7.16. The van der Waals surface area contributed by atoms with E-state index in [-0.39, 0.29) is 5.78 Å². The van der Waals surface area contributed by atoms with Gasteiger partial charge >= 0.3 is 0 Å². The molecule has 1 aliphatic rings. The maximum absolute atomic E-state index is 12.4. The number of hydrogen-bond acceptors (Lipinski definition) is 2. The monoisotopic (exact) mass is 366 g/mol. The molecule has 0 saturated heterocycles. The van der Waals surface area contributed by atoms with Gasteiger partial charge in [0, 0.05) is 21.3 Å². The topological polar surface area (TPSA) is 34.9 Å². The number of rotatable bonds is 4. The smallest absolute Gasteiger partial charge is 0.170 e. The van der Waals surface area contributed by atoms with Crippen LogP contribution in [0.1, 0.15) is 47.8 Å². The van der Waals surface area contributed by atoms with Crippen molar-refractivity contribution < 1.29 is 4.79 Å². The minimum Gasteiger partial charge on any atom is -0.294 e. The van der Waals surface area contributed by atoms with Gasteiger partial charge in [0.1, 0.15) is 0 Å². The molecule has 0 aliphatic heterocycles. The molecule has 3 nitrogen and oxygen atoms in total. The third-order valence-corrected chi connectivity index (χ3v) is 4.83. The molecule has 1 heterocycles. The lowest BCUT2D eigenvalue weighted by molar-refractivity contribution is 0.0991. The fourth-order valence-corrected chi connectivity index (χ4v) is 3.72. The summed E-state index contributed by atoms with van der Waals surface area (Å²) in [4.78, 5) is 12.4. The average molecular weight is 368 g/mol. The summed E-state index contributed by atoms with van der Waals surface area (Å²) in [6.45, 7) is 0. The number of carbonyl (C=O) groups is 1. The van der Waals surface area contributed by atoms with Crippen molar-refractivity contribution in [3.05, 3.63) is 51.2 Å². The summed E-state index contributed by atoms with van der Waals surface area (Å²) in [5.74, 6) is 0.0511. The zero-order valence-electron chi connectivity index (χ0n) is 11.6. The first-order chi connectivity index (χ1) is 10.1. The molecule has 1 aromatic carbocycles. The normalized spacial score (nSPS) is 15.5. The van der Waals surface area contributed by atoms with Gasteiger partial charge in [0.15, 0.2) is 5.78 Å². The van der Waals surface area contributed by atoms with Crippen LogP contribution in [0.2, 0.25) is 5.02 Å². The highest BCUT2D eigenvalue weighted by Gasteiger charge is 2.18. The fraction of sp³-hybridized carbons (Fsp3) is 0.375. The molecule has 0 atom stereocenters. The number of hydrogen-bond donors (Lipinski definition) is 0. The van der Waals surface area contributed by atoms with Crippen molar-refractivity contribution >= 4 is 33.3 Å². The van der Waals surface area contributed by atoms with Crippen molar-refractivity contribution in [1.82, 2.24) is 9.78 Å². The number of carbonyl (C=O) groups excluding carboxylic acids is 1. The molecule has 5 heteroatoms. The Bertz CT molecular complexity index is 662. The van der Waals surface area contributed by atoms with E-state index in [1.807, 2.05) is 16.9 Å². The van der Waals surface area contributed by atoms with E-state index in [9.17, 15) is 4.79 Å². The number of benzene rings is 1. The van der Waals surface area contributed by atoms with Crippen molar-refractivity contribution in [2.24, 2.45) is 0 Å². The van der Waals surface area contributed by atoms with Crippen LogP contribution in [0.15, 0.2) is 34.9 Å². The Labute approximate surface area is 137 Å². The van der Waals surface area contributed by atoms with E-state index in [1.54, 1.807) is 18.2 Å². The Balaban J connectivity index is 1.72. The highest BCUT2D eigenvalue weighted by atomic mass is 79.9. The molecule has 1 aliphatic carbocycles. The summed E-state index contributed by atoms with van der Waals surface area (Å²) in [6, 6.07) is 7.68. The zero-order valence-corrected chi connectivity index (χ0v) is 13.9. The van der Waals surface area contributed by atoms with E-state index in [2.05, 4.69) is 21.0 Å². The third kappa shape index (κ3) is 3.38. The molecule has 1 aromatic heterocycles. The van der Waals surface area contributed by atoms with Crippen LogP contribution in [0.25, 0.3) is 0 Å². The van der Waals surface area contributed by atoms with Crippen molar-refractivity contribution in [3.8, 4) is 0 Å². The van der Waals surface area contributed by atoms with Gasteiger partial charge in [-0.1, -0.05) is 24.4 Å². The Morgan fingerprint density at radius 2 is 2.10 bits per heavy atom.